The first-order chi connectivity index (χ1) is 17.5. The molecule has 4 amide bonds. The lowest BCUT2D eigenvalue weighted by Gasteiger charge is -2.24. The fraction of sp³-hybridized carbons (Fsp3) is 0.458. The Labute approximate surface area is 213 Å². The molecule has 4 atom stereocenters. The molecule has 1 aromatic heterocycles. The van der Waals surface area contributed by atoms with Crippen molar-refractivity contribution >= 4 is 40.5 Å². The number of H-pyrrole nitrogens is 1. The molecule has 0 aliphatic heterocycles. The van der Waals surface area contributed by atoms with Crippen LogP contribution < -0.4 is 33.2 Å². The molecule has 1 aromatic carbocycles. The third kappa shape index (κ3) is 8.88. The molecule has 0 aliphatic carbocycles. The Morgan fingerprint density at radius 3 is 2.27 bits per heavy atom. The van der Waals surface area contributed by atoms with E-state index in [-0.39, 0.29) is 6.42 Å². The average molecular weight is 518 g/mol. The molecule has 0 bridgehead atoms. The Hall–Kier alpha value is -3.97. The second-order valence-electron chi connectivity index (χ2n) is 8.82. The van der Waals surface area contributed by atoms with E-state index in [1.807, 2.05) is 24.3 Å². The monoisotopic (exact) mass is 517 g/mol. The summed E-state index contributed by atoms with van der Waals surface area (Å²) in [6.45, 7) is 1.73. The summed E-state index contributed by atoms with van der Waals surface area (Å²) in [5.41, 5.74) is 18.1. The number of carboxylic acid groups (broad SMARTS) is 1. The lowest BCUT2D eigenvalue weighted by Crippen LogP contribution is -2.58. The van der Waals surface area contributed by atoms with Gasteiger partial charge in [0.15, 0.2) is 0 Å². The number of benzene rings is 1. The number of para-hydroxylation sites is 1. The second kappa shape index (κ2) is 13.9. The van der Waals surface area contributed by atoms with Crippen molar-refractivity contribution in [3.63, 3.8) is 0 Å². The molecule has 0 radical (unpaired) electrons. The maximum Gasteiger partial charge on any atom is 0.325 e. The summed E-state index contributed by atoms with van der Waals surface area (Å²) in [5, 5.41) is 17.3. The summed E-state index contributed by atoms with van der Waals surface area (Å²) in [7, 11) is 0. The number of nitrogens with two attached hydrogens (primary N) is 3. The molecular weight excluding hydrogens is 482 g/mol. The molecule has 0 saturated heterocycles. The van der Waals surface area contributed by atoms with Gasteiger partial charge in [0.2, 0.25) is 23.6 Å². The molecule has 202 valence electrons. The number of hydrogen-bond acceptors (Lipinski definition) is 7. The summed E-state index contributed by atoms with van der Waals surface area (Å²) in [5.74, 6) is -4.36. The van der Waals surface area contributed by atoms with Crippen molar-refractivity contribution in [3.8, 4) is 0 Å². The van der Waals surface area contributed by atoms with Gasteiger partial charge < -0.3 is 43.2 Å². The highest BCUT2D eigenvalue weighted by Crippen LogP contribution is 2.19. The van der Waals surface area contributed by atoms with Crippen LogP contribution >= 0.6 is 0 Å². The Morgan fingerprint density at radius 2 is 1.62 bits per heavy atom. The van der Waals surface area contributed by atoms with Crippen molar-refractivity contribution < 1.29 is 29.1 Å². The van der Waals surface area contributed by atoms with E-state index in [2.05, 4.69) is 20.9 Å². The fourth-order valence-electron chi connectivity index (χ4n) is 3.71. The van der Waals surface area contributed by atoms with E-state index in [0.717, 1.165) is 10.9 Å². The van der Waals surface area contributed by atoms with Crippen LogP contribution in [0.25, 0.3) is 10.9 Å². The minimum absolute atomic E-state index is 0.00374. The smallest absolute Gasteiger partial charge is 0.325 e. The minimum atomic E-state index is -1.39. The van der Waals surface area contributed by atoms with Gasteiger partial charge in [0, 0.05) is 23.5 Å². The normalized spacial score (nSPS) is 14.2. The zero-order valence-corrected chi connectivity index (χ0v) is 20.7. The first-order valence-corrected chi connectivity index (χ1v) is 12.0. The zero-order valence-electron chi connectivity index (χ0n) is 20.7. The van der Waals surface area contributed by atoms with Crippen molar-refractivity contribution in [2.75, 3.05) is 6.54 Å². The predicted molar refractivity (Wildman–Crippen MR) is 136 cm³/mol. The van der Waals surface area contributed by atoms with Crippen LogP contribution in [0.2, 0.25) is 0 Å². The molecule has 0 fully saturated rings. The first-order valence-electron chi connectivity index (χ1n) is 12.0. The SMILES string of the molecule is CC(NC(=O)C(Cc1c[nH]c2ccccc12)NC(=O)C(CC(N)=O)NC(=O)C(N)CCCCN)C(=O)O. The van der Waals surface area contributed by atoms with Crippen LogP contribution in [0.3, 0.4) is 0 Å². The van der Waals surface area contributed by atoms with Crippen LogP contribution in [-0.4, -0.2) is 70.4 Å². The Balaban J connectivity index is 2.23. The van der Waals surface area contributed by atoms with E-state index in [1.165, 1.54) is 6.92 Å². The molecule has 0 aliphatic rings. The third-order valence-electron chi connectivity index (χ3n) is 5.81. The predicted octanol–water partition coefficient (Wildman–Crippen LogP) is -1.40. The van der Waals surface area contributed by atoms with Crippen molar-refractivity contribution in [1.29, 1.82) is 0 Å². The summed E-state index contributed by atoms with van der Waals surface area (Å²) < 4.78 is 0. The van der Waals surface area contributed by atoms with Crippen LogP contribution in [0.5, 0.6) is 0 Å². The number of carbonyl (C=O) groups excluding carboxylic acids is 4. The molecule has 2 rings (SSSR count). The number of carbonyl (C=O) groups is 5. The third-order valence-corrected chi connectivity index (χ3v) is 5.81. The van der Waals surface area contributed by atoms with Gasteiger partial charge in [-0.3, -0.25) is 24.0 Å². The van der Waals surface area contributed by atoms with E-state index >= 15 is 0 Å². The van der Waals surface area contributed by atoms with Crippen LogP contribution in [0.15, 0.2) is 30.5 Å². The van der Waals surface area contributed by atoms with Gasteiger partial charge in [-0.2, -0.15) is 0 Å². The van der Waals surface area contributed by atoms with Crippen molar-refractivity contribution in [3.05, 3.63) is 36.0 Å². The van der Waals surface area contributed by atoms with Crippen molar-refractivity contribution in [1.82, 2.24) is 20.9 Å². The number of amides is 4. The van der Waals surface area contributed by atoms with Gasteiger partial charge >= 0.3 is 5.97 Å². The average Bonchev–Trinajstić information content (AvgIpc) is 3.25. The van der Waals surface area contributed by atoms with E-state index < -0.39 is 60.2 Å². The number of primary amides is 1. The number of nitrogens with one attached hydrogen (secondary N) is 4. The molecule has 13 nitrogen and oxygen atoms in total. The minimum Gasteiger partial charge on any atom is -0.480 e. The molecule has 37 heavy (non-hydrogen) atoms. The van der Waals surface area contributed by atoms with Gasteiger partial charge in [0.25, 0.3) is 0 Å². The maximum absolute atomic E-state index is 13.1. The van der Waals surface area contributed by atoms with Crippen molar-refractivity contribution in [2.45, 2.75) is 63.2 Å². The molecule has 11 N–H and O–H groups in total. The van der Waals surface area contributed by atoms with Gasteiger partial charge in [-0.05, 0) is 37.9 Å². The second-order valence-corrected chi connectivity index (χ2v) is 8.82. The number of aromatic nitrogens is 1. The summed E-state index contributed by atoms with van der Waals surface area (Å²) in [6, 6.07) is 2.56. The first kappa shape index (κ1) is 29.3. The number of carboxylic acids is 1. The van der Waals surface area contributed by atoms with E-state index in [0.29, 0.717) is 31.4 Å². The molecule has 13 heteroatoms. The Kier molecular flexibility index (Phi) is 11.0. The highest BCUT2D eigenvalue weighted by molar-refractivity contribution is 5.96. The standard InChI is InChI=1S/C24H35N7O6/c1-13(24(36)37)29-22(34)18(10-14-12-28-17-8-3-2-6-15(14)17)31-23(35)19(11-20(27)32)30-21(33)16(26)7-4-5-9-25/h2-3,6,8,12-13,16,18-19,28H,4-5,7,9-11,25-26H2,1H3,(H2,27,32)(H,29,34)(H,30,33)(H,31,35)(H,36,37). The maximum atomic E-state index is 13.1. The largest absolute Gasteiger partial charge is 0.480 e. The van der Waals surface area contributed by atoms with Crippen LogP contribution in [0.1, 0.15) is 38.2 Å². The number of fused-ring (bicyclic) bond motifs is 1. The number of aliphatic carboxylic acids is 1. The summed E-state index contributed by atoms with van der Waals surface area (Å²) in [6.07, 6.45) is 2.76. The van der Waals surface area contributed by atoms with Crippen LogP contribution in [0, 0.1) is 0 Å². The summed E-state index contributed by atoms with van der Waals surface area (Å²) >= 11 is 0. The van der Waals surface area contributed by atoms with Gasteiger partial charge in [-0.1, -0.05) is 24.6 Å². The Morgan fingerprint density at radius 1 is 0.973 bits per heavy atom. The molecule has 0 spiro atoms. The van der Waals surface area contributed by atoms with Crippen LogP contribution in [0.4, 0.5) is 0 Å². The lowest BCUT2D eigenvalue weighted by atomic mass is 10.0. The molecule has 4 unspecified atom stereocenters. The highest BCUT2D eigenvalue weighted by Gasteiger charge is 2.31. The van der Waals surface area contributed by atoms with Gasteiger partial charge in [0.05, 0.1) is 12.5 Å². The van der Waals surface area contributed by atoms with Crippen LogP contribution in [-0.2, 0) is 30.4 Å². The number of hydrogen-bond donors (Lipinski definition) is 8. The van der Waals surface area contributed by atoms with E-state index in [1.54, 1.807) is 6.20 Å². The molecule has 1 heterocycles. The van der Waals surface area contributed by atoms with E-state index in [4.69, 9.17) is 17.2 Å². The highest BCUT2D eigenvalue weighted by atomic mass is 16.4. The van der Waals surface area contributed by atoms with Gasteiger partial charge in [0.1, 0.15) is 18.1 Å². The molecule has 0 saturated carbocycles. The zero-order chi connectivity index (χ0) is 27.5. The quantitative estimate of drug-likeness (QED) is 0.130. The van der Waals surface area contributed by atoms with Gasteiger partial charge in [-0.25, -0.2) is 0 Å². The van der Waals surface area contributed by atoms with E-state index in [9.17, 15) is 29.1 Å². The molecule has 2 aromatic rings. The number of rotatable bonds is 15. The molecular formula is C24H35N7O6. The number of aromatic amines is 1. The lowest BCUT2D eigenvalue weighted by molar-refractivity contribution is -0.142. The van der Waals surface area contributed by atoms with Crippen molar-refractivity contribution in [2.24, 2.45) is 17.2 Å². The summed E-state index contributed by atoms with van der Waals surface area (Å²) in [4.78, 5) is 64.6. The fourth-order valence-corrected chi connectivity index (χ4v) is 3.71. The topological polar surface area (TPSA) is 236 Å². The van der Waals surface area contributed by atoms with Gasteiger partial charge in [-0.15, -0.1) is 0 Å². The Bertz CT molecular complexity index is 1120. The number of unbranched alkanes of at least 4 members (excludes halogenated alkanes) is 1.